The molecule has 3 heterocycles. The van der Waals surface area contributed by atoms with Crippen LogP contribution in [0, 0.1) is 0 Å². The third kappa shape index (κ3) is 3.55. The summed E-state index contributed by atoms with van der Waals surface area (Å²) in [5.74, 6) is 1.77. The first kappa shape index (κ1) is 24.3. The highest BCUT2D eigenvalue weighted by atomic mass is 16.3. The smallest absolute Gasteiger partial charge is 0.227 e. The van der Waals surface area contributed by atoms with E-state index in [2.05, 4.69) is 96.0 Å². The fourth-order valence-electron chi connectivity index (χ4n) is 6.88. The second-order valence-corrected chi connectivity index (χ2v) is 11.5. The van der Waals surface area contributed by atoms with Crippen molar-refractivity contribution >= 4 is 54.4 Å². The lowest BCUT2D eigenvalue weighted by atomic mass is 9.89. The maximum absolute atomic E-state index is 6.62. The number of hydrogen-bond acceptors (Lipinski definition) is 5. The van der Waals surface area contributed by atoms with Gasteiger partial charge in [-0.15, -0.1) is 0 Å². The molecule has 0 fully saturated rings. The molecule has 0 aliphatic carbocycles. The van der Waals surface area contributed by atoms with Crippen molar-refractivity contribution in [2.45, 2.75) is 0 Å². The highest BCUT2D eigenvalue weighted by molar-refractivity contribution is 6.40. The Labute approximate surface area is 257 Å². The van der Waals surface area contributed by atoms with Gasteiger partial charge in [-0.3, -0.25) is 0 Å². The first-order valence-electron chi connectivity index (χ1n) is 15.0. The summed E-state index contributed by atoms with van der Waals surface area (Å²) in [4.78, 5) is 19.9. The van der Waals surface area contributed by atoms with Gasteiger partial charge in [-0.1, -0.05) is 109 Å². The summed E-state index contributed by atoms with van der Waals surface area (Å²) < 4.78 is 6.62. The van der Waals surface area contributed by atoms with Crippen LogP contribution in [0.1, 0.15) is 0 Å². The molecule has 10 rings (SSSR count). The molecule has 0 aliphatic rings. The summed E-state index contributed by atoms with van der Waals surface area (Å²) in [5.41, 5.74) is 6.26. The van der Waals surface area contributed by atoms with Crippen molar-refractivity contribution in [3.63, 3.8) is 0 Å². The first-order chi connectivity index (χ1) is 22.3. The van der Waals surface area contributed by atoms with Gasteiger partial charge in [-0.25, -0.2) is 19.9 Å². The van der Waals surface area contributed by atoms with Gasteiger partial charge in [0.05, 0.1) is 10.9 Å². The Kier molecular flexibility index (Phi) is 4.93. The standard InChI is InChI=1S/C40H22N4O/c1-3-9-23(10-4-1)26-14-7-15-28(21-26)38-42-37(25-11-5-2-6-12-25)43-39(44-38)31-22-27-18-17-24-13-8-16-29-30-19-20-41-40-34(30)35(36(31)45-40)33(27)32(24)29/h1-22H. The Morgan fingerprint density at radius 3 is 1.93 bits per heavy atom. The predicted molar refractivity (Wildman–Crippen MR) is 182 cm³/mol. The average Bonchev–Trinajstić information content (AvgIpc) is 3.51. The number of benzene rings is 7. The van der Waals surface area contributed by atoms with Crippen molar-refractivity contribution in [2.24, 2.45) is 0 Å². The van der Waals surface area contributed by atoms with Crippen LogP contribution in [0.3, 0.4) is 0 Å². The van der Waals surface area contributed by atoms with Crippen LogP contribution in [-0.4, -0.2) is 19.9 Å². The van der Waals surface area contributed by atoms with E-state index in [4.69, 9.17) is 19.4 Å². The van der Waals surface area contributed by atoms with Crippen molar-refractivity contribution < 1.29 is 4.42 Å². The van der Waals surface area contributed by atoms with Crippen molar-refractivity contribution in [3.8, 4) is 45.3 Å². The van der Waals surface area contributed by atoms with Gasteiger partial charge in [-0.05, 0) is 56.3 Å². The maximum Gasteiger partial charge on any atom is 0.227 e. The second-order valence-electron chi connectivity index (χ2n) is 11.5. The van der Waals surface area contributed by atoms with Gasteiger partial charge in [0.15, 0.2) is 17.5 Å². The second kappa shape index (κ2) is 9.15. The molecule has 0 aliphatic heterocycles. The fourth-order valence-corrected chi connectivity index (χ4v) is 6.88. The van der Waals surface area contributed by atoms with Gasteiger partial charge in [0.2, 0.25) is 5.71 Å². The Balaban J connectivity index is 1.28. The molecular formula is C40H22N4O. The molecule has 0 atom stereocenters. The van der Waals surface area contributed by atoms with Crippen LogP contribution in [0.5, 0.6) is 0 Å². The minimum atomic E-state index is 0.561. The van der Waals surface area contributed by atoms with Crippen LogP contribution in [0.25, 0.3) is 99.7 Å². The van der Waals surface area contributed by atoms with Crippen LogP contribution >= 0.6 is 0 Å². The molecule has 5 heteroatoms. The van der Waals surface area contributed by atoms with Crippen molar-refractivity contribution in [1.82, 2.24) is 19.9 Å². The van der Waals surface area contributed by atoms with Gasteiger partial charge < -0.3 is 4.42 Å². The van der Waals surface area contributed by atoms with Crippen molar-refractivity contribution in [1.29, 1.82) is 0 Å². The number of nitrogens with zero attached hydrogens (tertiary/aromatic N) is 4. The van der Waals surface area contributed by atoms with E-state index in [1.165, 1.54) is 21.5 Å². The number of aromatic nitrogens is 4. The lowest BCUT2D eigenvalue weighted by Gasteiger charge is -2.14. The van der Waals surface area contributed by atoms with E-state index < -0.39 is 0 Å². The SMILES string of the molecule is c1ccc(-c2cccc(-c3nc(-c4ccccc4)nc(-c4cc5ccc6cccc7c8ccnc9oc4c(c98)c5c67)n3)c2)cc1. The molecule has 0 saturated carbocycles. The number of hydrogen-bond donors (Lipinski definition) is 0. The number of fused-ring (bicyclic) bond motifs is 1. The summed E-state index contributed by atoms with van der Waals surface area (Å²) in [7, 11) is 0. The number of furan rings is 1. The van der Waals surface area contributed by atoms with E-state index in [1.807, 2.05) is 42.6 Å². The number of rotatable bonds is 4. The average molecular weight is 575 g/mol. The molecule has 0 bridgehead atoms. The van der Waals surface area contributed by atoms with E-state index in [1.54, 1.807) is 0 Å². The monoisotopic (exact) mass is 574 g/mol. The minimum absolute atomic E-state index is 0.561. The molecule has 208 valence electrons. The first-order valence-corrected chi connectivity index (χ1v) is 15.0. The Bertz CT molecular complexity index is 2700. The lowest BCUT2D eigenvalue weighted by Crippen LogP contribution is -2.00. The van der Waals surface area contributed by atoms with E-state index in [9.17, 15) is 0 Å². The lowest BCUT2D eigenvalue weighted by molar-refractivity contribution is 0.655. The van der Waals surface area contributed by atoms with Gasteiger partial charge in [0.25, 0.3) is 0 Å². The predicted octanol–water partition coefficient (Wildman–Crippen LogP) is 10.2. The molecule has 3 aromatic heterocycles. The molecule has 0 saturated heterocycles. The zero-order valence-electron chi connectivity index (χ0n) is 23.9. The molecule has 0 spiro atoms. The fraction of sp³-hybridized carbons (Fsp3) is 0. The molecule has 0 N–H and O–H groups in total. The molecule has 7 aromatic carbocycles. The van der Waals surface area contributed by atoms with Gasteiger partial charge in [0, 0.05) is 28.1 Å². The summed E-state index contributed by atoms with van der Waals surface area (Å²) >= 11 is 0. The number of pyridine rings is 1. The van der Waals surface area contributed by atoms with Crippen molar-refractivity contribution in [3.05, 3.63) is 134 Å². The Morgan fingerprint density at radius 1 is 0.422 bits per heavy atom. The summed E-state index contributed by atoms with van der Waals surface area (Å²) in [6, 6.07) is 43.9. The van der Waals surface area contributed by atoms with Gasteiger partial charge in [-0.2, -0.15) is 0 Å². The third-order valence-electron chi connectivity index (χ3n) is 8.89. The van der Waals surface area contributed by atoms with E-state index in [0.717, 1.165) is 54.9 Å². The summed E-state index contributed by atoms with van der Waals surface area (Å²) in [6.07, 6.45) is 1.83. The molecule has 0 amide bonds. The highest BCUT2D eigenvalue weighted by Crippen LogP contribution is 2.48. The Morgan fingerprint density at radius 2 is 1.09 bits per heavy atom. The quantitative estimate of drug-likeness (QED) is 0.155. The van der Waals surface area contributed by atoms with Gasteiger partial charge >= 0.3 is 0 Å². The molecule has 5 nitrogen and oxygen atoms in total. The largest absolute Gasteiger partial charge is 0.437 e. The summed E-state index contributed by atoms with van der Waals surface area (Å²) in [5, 5.41) is 9.21. The van der Waals surface area contributed by atoms with Gasteiger partial charge in [0.1, 0.15) is 5.58 Å². The van der Waals surface area contributed by atoms with Crippen LogP contribution in [-0.2, 0) is 0 Å². The Hall–Kier alpha value is -6.20. The normalized spacial score (nSPS) is 12.0. The topological polar surface area (TPSA) is 64.7 Å². The van der Waals surface area contributed by atoms with Crippen LogP contribution < -0.4 is 0 Å². The zero-order chi connectivity index (χ0) is 29.5. The highest BCUT2D eigenvalue weighted by Gasteiger charge is 2.25. The molecule has 0 radical (unpaired) electrons. The maximum atomic E-state index is 6.62. The van der Waals surface area contributed by atoms with Crippen LogP contribution in [0.4, 0.5) is 0 Å². The van der Waals surface area contributed by atoms with Crippen LogP contribution in [0.15, 0.2) is 138 Å². The molecular weight excluding hydrogens is 552 g/mol. The minimum Gasteiger partial charge on any atom is -0.437 e. The van der Waals surface area contributed by atoms with Crippen LogP contribution in [0.2, 0.25) is 0 Å². The van der Waals surface area contributed by atoms with Crippen molar-refractivity contribution in [2.75, 3.05) is 0 Å². The molecule has 0 unspecified atom stereocenters. The van der Waals surface area contributed by atoms with E-state index in [-0.39, 0.29) is 0 Å². The molecule has 10 aromatic rings. The molecule has 45 heavy (non-hydrogen) atoms. The van der Waals surface area contributed by atoms with E-state index in [0.29, 0.717) is 23.2 Å². The zero-order valence-corrected chi connectivity index (χ0v) is 23.9. The summed E-state index contributed by atoms with van der Waals surface area (Å²) in [6.45, 7) is 0. The third-order valence-corrected chi connectivity index (χ3v) is 8.89. The van der Waals surface area contributed by atoms with E-state index >= 15 is 0 Å².